The van der Waals surface area contributed by atoms with E-state index in [1.165, 1.54) is 0 Å². The minimum atomic E-state index is 0.331. The quantitative estimate of drug-likeness (QED) is 0.865. The van der Waals surface area contributed by atoms with Gasteiger partial charge in [-0.05, 0) is 23.3 Å². The van der Waals surface area contributed by atoms with Crippen LogP contribution in [0.1, 0.15) is 31.9 Å². The SMILES string of the molecule is CC1(C)CC1c1onc(N)c1-c1cccs1. The van der Waals surface area contributed by atoms with E-state index in [2.05, 4.69) is 25.1 Å². The summed E-state index contributed by atoms with van der Waals surface area (Å²) in [5, 5.41) is 5.95. The molecule has 0 aliphatic heterocycles. The highest BCUT2D eigenvalue weighted by Gasteiger charge is 2.50. The zero-order chi connectivity index (χ0) is 11.3. The zero-order valence-electron chi connectivity index (χ0n) is 9.36. The van der Waals surface area contributed by atoms with Crippen LogP contribution in [0.15, 0.2) is 22.0 Å². The second kappa shape index (κ2) is 3.10. The van der Waals surface area contributed by atoms with E-state index in [1.807, 2.05) is 11.4 Å². The summed E-state index contributed by atoms with van der Waals surface area (Å²) in [4.78, 5) is 1.15. The molecule has 1 aliphatic carbocycles. The lowest BCUT2D eigenvalue weighted by atomic mass is 10.0. The molecule has 2 N–H and O–H groups in total. The first-order valence-electron chi connectivity index (χ1n) is 5.38. The van der Waals surface area contributed by atoms with E-state index < -0.39 is 0 Å². The monoisotopic (exact) mass is 234 g/mol. The summed E-state index contributed by atoms with van der Waals surface area (Å²) in [6.07, 6.45) is 1.15. The van der Waals surface area contributed by atoms with Crippen LogP contribution in [0.3, 0.4) is 0 Å². The van der Waals surface area contributed by atoms with E-state index >= 15 is 0 Å². The Balaban J connectivity index is 2.08. The van der Waals surface area contributed by atoms with E-state index in [0.29, 0.717) is 17.2 Å². The van der Waals surface area contributed by atoms with Gasteiger partial charge in [-0.2, -0.15) is 0 Å². The third-order valence-electron chi connectivity index (χ3n) is 3.34. The smallest absolute Gasteiger partial charge is 0.175 e. The molecule has 4 heteroatoms. The van der Waals surface area contributed by atoms with Crippen LogP contribution in [-0.4, -0.2) is 5.16 Å². The first-order chi connectivity index (χ1) is 7.59. The molecule has 1 atom stereocenters. The molecule has 2 heterocycles. The third-order valence-corrected chi connectivity index (χ3v) is 4.23. The van der Waals surface area contributed by atoms with E-state index in [9.17, 15) is 0 Å². The number of nitrogen functional groups attached to an aromatic ring is 1. The highest BCUT2D eigenvalue weighted by Crippen LogP contribution is 2.60. The highest BCUT2D eigenvalue weighted by molar-refractivity contribution is 7.13. The van der Waals surface area contributed by atoms with Crippen LogP contribution in [0.5, 0.6) is 0 Å². The maximum Gasteiger partial charge on any atom is 0.175 e. The van der Waals surface area contributed by atoms with Crippen LogP contribution in [0.2, 0.25) is 0 Å². The van der Waals surface area contributed by atoms with Gasteiger partial charge < -0.3 is 10.3 Å². The van der Waals surface area contributed by atoms with E-state index in [4.69, 9.17) is 10.3 Å². The van der Waals surface area contributed by atoms with Crippen LogP contribution in [0.25, 0.3) is 10.4 Å². The molecular formula is C12H14N2OS. The molecule has 84 valence electrons. The molecule has 3 rings (SSSR count). The molecule has 2 aromatic rings. The zero-order valence-corrected chi connectivity index (χ0v) is 10.2. The Morgan fingerprint density at radius 1 is 1.56 bits per heavy atom. The summed E-state index contributed by atoms with van der Waals surface area (Å²) < 4.78 is 5.41. The fourth-order valence-corrected chi connectivity index (χ4v) is 2.92. The second-order valence-electron chi connectivity index (χ2n) is 5.03. The topological polar surface area (TPSA) is 52.0 Å². The van der Waals surface area contributed by atoms with Crippen molar-refractivity contribution >= 4 is 17.2 Å². The van der Waals surface area contributed by atoms with E-state index in [0.717, 1.165) is 22.6 Å². The van der Waals surface area contributed by atoms with Gasteiger partial charge in [-0.15, -0.1) is 11.3 Å². The molecule has 1 unspecified atom stereocenters. The fraction of sp³-hybridized carbons (Fsp3) is 0.417. The number of nitrogens with zero attached hydrogens (tertiary/aromatic N) is 1. The molecule has 0 bridgehead atoms. The number of hydrogen-bond donors (Lipinski definition) is 1. The summed E-state index contributed by atoms with van der Waals surface area (Å²) in [5.41, 5.74) is 7.23. The van der Waals surface area contributed by atoms with Crippen molar-refractivity contribution in [2.45, 2.75) is 26.2 Å². The van der Waals surface area contributed by atoms with Crippen molar-refractivity contribution in [3.05, 3.63) is 23.3 Å². The third kappa shape index (κ3) is 1.37. The van der Waals surface area contributed by atoms with Gasteiger partial charge in [0.05, 0.1) is 5.56 Å². The Morgan fingerprint density at radius 2 is 2.31 bits per heavy atom. The van der Waals surface area contributed by atoms with E-state index in [-0.39, 0.29) is 0 Å². The van der Waals surface area contributed by atoms with Gasteiger partial charge in [0, 0.05) is 10.8 Å². The average Bonchev–Trinajstić information content (AvgIpc) is 2.67. The predicted molar refractivity (Wildman–Crippen MR) is 65.4 cm³/mol. The Kier molecular flexibility index (Phi) is 1.92. The minimum Gasteiger partial charge on any atom is -0.380 e. The standard InChI is InChI=1S/C12H14N2OS/c1-12(2)6-7(12)10-9(11(13)14-15-10)8-4-3-5-16-8/h3-5,7H,6H2,1-2H3,(H2,13,14). The largest absolute Gasteiger partial charge is 0.380 e. The Labute approximate surface area is 98.3 Å². The van der Waals surface area contributed by atoms with Crippen molar-refractivity contribution in [2.75, 3.05) is 5.73 Å². The van der Waals surface area contributed by atoms with Gasteiger partial charge >= 0.3 is 0 Å². The van der Waals surface area contributed by atoms with Gasteiger partial charge in [0.25, 0.3) is 0 Å². The molecule has 16 heavy (non-hydrogen) atoms. The lowest BCUT2D eigenvalue weighted by Gasteiger charge is -2.01. The number of anilines is 1. The van der Waals surface area contributed by atoms with Crippen molar-refractivity contribution < 1.29 is 4.52 Å². The first-order valence-corrected chi connectivity index (χ1v) is 6.26. The molecule has 0 saturated heterocycles. The van der Waals surface area contributed by atoms with Crippen molar-refractivity contribution in [1.82, 2.24) is 5.16 Å². The summed E-state index contributed by atoms with van der Waals surface area (Å²) >= 11 is 1.67. The van der Waals surface area contributed by atoms with Crippen molar-refractivity contribution in [1.29, 1.82) is 0 Å². The molecule has 0 aromatic carbocycles. The average molecular weight is 234 g/mol. The van der Waals surface area contributed by atoms with Crippen molar-refractivity contribution in [3.63, 3.8) is 0 Å². The number of thiophene rings is 1. The van der Waals surface area contributed by atoms with Crippen molar-refractivity contribution in [3.8, 4) is 10.4 Å². The van der Waals surface area contributed by atoms with Crippen molar-refractivity contribution in [2.24, 2.45) is 5.41 Å². The van der Waals surface area contributed by atoms with Gasteiger partial charge in [-0.25, -0.2) is 0 Å². The summed E-state index contributed by atoms with van der Waals surface area (Å²) in [6.45, 7) is 4.49. The van der Waals surface area contributed by atoms with Crippen LogP contribution in [0, 0.1) is 5.41 Å². The molecule has 3 nitrogen and oxygen atoms in total. The first kappa shape index (κ1) is 9.90. The second-order valence-corrected chi connectivity index (χ2v) is 5.98. The highest BCUT2D eigenvalue weighted by atomic mass is 32.1. The Hall–Kier alpha value is -1.29. The molecule has 1 fully saturated rings. The molecule has 1 saturated carbocycles. The lowest BCUT2D eigenvalue weighted by molar-refractivity contribution is 0.376. The number of hydrogen-bond acceptors (Lipinski definition) is 4. The van der Waals surface area contributed by atoms with Gasteiger partial charge in [0.1, 0.15) is 0 Å². The Bertz CT molecular complexity index is 513. The Morgan fingerprint density at radius 3 is 2.88 bits per heavy atom. The number of nitrogens with two attached hydrogens (primary N) is 1. The molecule has 1 aliphatic rings. The van der Waals surface area contributed by atoms with E-state index in [1.54, 1.807) is 11.3 Å². The molecule has 0 radical (unpaired) electrons. The molecular weight excluding hydrogens is 220 g/mol. The number of aromatic nitrogens is 1. The molecule has 0 spiro atoms. The lowest BCUT2D eigenvalue weighted by Crippen LogP contribution is -1.91. The fourth-order valence-electron chi connectivity index (χ4n) is 2.14. The minimum absolute atomic E-state index is 0.331. The number of rotatable bonds is 2. The molecule has 0 amide bonds. The van der Waals surface area contributed by atoms with Crippen LogP contribution >= 0.6 is 11.3 Å². The van der Waals surface area contributed by atoms with Gasteiger partial charge in [-0.1, -0.05) is 25.1 Å². The maximum absolute atomic E-state index is 5.89. The molecule has 2 aromatic heterocycles. The van der Waals surface area contributed by atoms with Crippen LogP contribution in [-0.2, 0) is 0 Å². The summed E-state index contributed by atoms with van der Waals surface area (Å²) in [7, 11) is 0. The normalized spacial score (nSPS) is 22.2. The van der Waals surface area contributed by atoms with Gasteiger partial charge in [-0.3, -0.25) is 0 Å². The van der Waals surface area contributed by atoms with Crippen LogP contribution in [0.4, 0.5) is 5.82 Å². The van der Waals surface area contributed by atoms with Gasteiger partial charge in [0.15, 0.2) is 11.6 Å². The summed E-state index contributed by atoms with van der Waals surface area (Å²) in [6, 6.07) is 4.08. The maximum atomic E-state index is 5.89. The summed E-state index contributed by atoms with van der Waals surface area (Å²) in [5.74, 6) is 1.94. The predicted octanol–water partition coefficient (Wildman–Crippen LogP) is 3.50. The van der Waals surface area contributed by atoms with Crippen LogP contribution < -0.4 is 5.73 Å². The van der Waals surface area contributed by atoms with Gasteiger partial charge in [0.2, 0.25) is 0 Å².